The number of benzene rings is 2. The molecule has 2 aromatic carbocycles. The second-order valence-corrected chi connectivity index (χ2v) is 6.64. The molecule has 9 heteroatoms. The molecule has 0 radical (unpaired) electrons. The summed E-state index contributed by atoms with van der Waals surface area (Å²) >= 11 is 0. The van der Waals surface area contributed by atoms with Gasteiger partial charge in [-0.3, -0.25) is 10.1 Å². The van der Waals surface area contributed by atoms with Gasteiger partial charge in [-0.2, -0.15) is 13.2 Å². The Kier molecular flexibility index (Phi) is 7.46. The van der Waals surface area contributed by atoms with E-state index in [0.29, 0.717) is 11.4 Å². The van der Waals surface area contributed by atoms with Crippen LogP contribution in [-0.2, 0) is 15.7 Å². The van der Waals surface area contributed by atoms with Gasteiger partial charge in [0, 0.05) is 11.4 Å². The summed E-state index contributed by atoms with van der Waals surface area (Å²) in [5, 5.41) is 7.61. The third-order valence-corrected chi connectivity index (χ3v) is 3.62. The molecule has 0 fully saturated rings. The van der Waals surface area contributed by atoms with E-state index in [-0.39, 0.29) is 24.8 Å². The van der Waals surface area contributed by atoms with E-state index in [1.54, 1.807) is 24.3 Å². The predicted octanol–water partition coefficient (Wildman–Crippen LogP) is 4.96. The minimum Gasteiger partial charge on any atom is -0.449 e. The smallest absolute Gasteiger partial charge is 0.418 e. The SMILES string of the molecule is CC(C)COC(=O)Nc1cccc(NCC(=O)Nc2ccccc2C(F)(F)F)c1. The van der Waals surface area contributed by atoms with Crippen molar-refractivity contribution >= 4 is 29.1 Å². The average Bonchev–Trinajstić information content (AvgIpc) is 2.65. The van der Waals surface area contributed by atoms with Gasteiger partial charge in [0.25, 0.3) is 0 Å². The summed E-state index contributed by atoms with van der Waals surface area (Å²) in [5.41, 5.74) is -0.271. The zero-order valence-corrected chi connectivity index (χ0v) is 16.0. The lowest BCUT2D eigenvalue weighted by Gasteiger charge is -2.14. The van der Waals surface area contributed by atoms with Crippen molar-refractivity contribution in [2.75, 3.05) is 29.1 Å². The standard InChI is InChI=1S/C20H22F3N3O3/c1-13(2)12-29-19(28)25-15-7-5-6-14(10-15)24-11-18(27)26-17-9-4-3-8-16(17)20(21,22)23/h3-10,13,24H,11-12H2,1-2H3,(H,25,28)(H,26,27). The Labute approximate surface area is 166 Å². The summed E-state index contributed by atoms with van der Waals surface area (Å²) in [4.78, 5) is 23.7. The number of ether oxygens (including phenoxy) is 1. The van der Waals surface area contributed by atoms with Crippen LogP contribution in [0.5, 0.6) is 0 Å². The van der Waals surface area contributed by atoms with Gasteiger partial charge >= 0.3 is 12.3 Å². The van der Waals surface area contributed by atoms with Crippen molar-refractivity contribution in [3.8, 4) is 0 Å². The summed E-state index contributed by atoms with van der Waals surface area (Å²) in [6, 6.07) is 11.3. The molecule has 0 atom stereocenters. The number of carbonyl (C=O) groups is 2. The minimum absolute atomic E-state index is 0.203. The number of hydrogen-bond acceptors (Lipinski definition) is 4. The van der Waals surface area contributed by atoms with Crippen LogP contribution in [0.25, 0.3) is 0 Å². The number of para-hydroxylation sites is 1. The molecule has 2 aromatic rings. The van der Waals surface area contributed by atoms with Crippen molar-refractivity contribution in [1.29, 1.82) is 0 Å². The molecule has 0 saturated heterocycles. The van der Waals surface area contributed by atoms with Gasteiger partial charge < -0.3 is 15.4 Å². The third-order valence-electron chi connectivity index (χ3n) is 3.62. The highest BCUT2D eigenvalue weighted by Crippen LogP contribution is 2.34. The van der Waals surface area contributed by atoms with E-state index in [9.17, 15) is 22.8 Å². The van der Waals surface area contributed by atoms with E-state index >= 15 is 0 Å². The van der Waals surface area contributed by atoms with Crippen LogP contribution in [0, 0.1) is 5.92 Å². The summed E-state index contributed by atoms with van der Waals surface area (Å²) in [5.74, 6) is -0.439. The zero-order chi connectivity index (χ0) is 21.4. The van der Waals surface area contributed by atoms with Crippen LogP contribution in [-0.4, -0.2) is 25.2 Å². The summed E-state index contributed by atoms with van der Waals surface area (Å²) in [7, 11) is 0. The van der Waals surface area contributed by atoms with Gasteiger partial charge in [0.05, 0.1) is 24.4 Å². The van der Waals surface area contributed by atoms with Crippen molar-refractivity contribution in [2.45, 2.75) is 20.0 Å². The quantitative estimate of drug-likeness (QED) is 0.604. The van der Waals surface area contributed by atoms with Crippen molar-refractivity contribution in [1.82, 2.24) is 0 Å². The van der Waals surface area contributed by atoms with Gasteiger partial charge in [0.1, 0.15) is 0 Å². The van der Waals surface area contributed by atoms with Crippen LogP contribution in [0.1, 0.15) is 19.4 Å². The Balaban J connectivity index is 1.92. The van der Waals surface area contributed by atoms with E-state index in [0.717, 1.165) is 6.07 Å². The van der Waals surface area contributed by atoms with E-state index in [4.69, 9.17) is 4.74 Å². The molecule has 0 unspecified atom stereocenters. The number of anilines is 3. The molecule has 0 aliphatic carbocycles. The lowest BCUT2D eigenvalue weighted by Crippen LogP contribution is -2.23. The highest BCUT2D eigenvalue weighted by molar-refractivity contribution is 5.94. The number of carbonyl (C=O) groups excluding carboxylic acids is 2. The second kappa shape index (κ2) is 9.81. The molecule has 156 valence electrons. The predicted molar refractivity (Wildman–Crippen MR) is 105 cm³/mol. The maximum atomic E-state index is 13.0. The molecule has 0 spiro atoms. The maximum Gasteiger partial charge on any atom is 0.418 e. The molecule has 0 heterocycles. The molecule has 2 rings (SSSR count). The van der Waals surface area contributed by atoms with Gasteiger partial charge in [-0.05, 0) is 36.2 Å². The van der Waals surface area contributed by atoms with Crippen molar-refractivity contribution in [2.24, 2.45) is 5.92 Å². The van der Waals surface area contributed by atoms with E-state index in [1.807, 2.05) is 13.8 Å². The van der Waals surface area contributed by atoms with Gasteiger partial charge in [-0.25, -0.2) is 4.79 Å². The van der Waals surface area contributed by atoms with Gasteiger partial charge in [-0.15, -0.1) is 0 Å². The summed E-state index contributed by atoms with van der Waals surface area (Å²) in [6.07, 6.45) is -5.17. The molecule has 0 aliphatic heterocycles. The average molecular weight is 409 g/mol. The maximum absolute atomic E-state index is 13.0. The normalized spacial score (nSPS) is 11.1. The molecule has 0 saturated carbocycles. The molecular formula is C20H22F3N3O3. The van der Waals surface area contributed by atoms with E-state index < -0.39 is 23.7 Å². The Morgan fingerprint density at radius 2 is 1.69 bits per heavy atom. The molecule has 3 N–H and O–H groups in total. The number of hydrogen-bond donors (Lipinski definition) is 3. The van der Waals surface area contributed by atoms with Crippen molar-refractivity contribution in [3.63, 3.8) is 0 Å². The highest BCUT2D eigenvalue weighted by Gasteiger charge is 2.33. The van der Waals surface area contributed by atoms with E-state index in [2.05, 4.69) is 16.0 Å². The number of nitrogens with one attached hydrogen (secondary N) is 3. The zero-order valence-electron chi connectivity index (χ0n) is 16.0. The van der Waals surface area contributed by atoms with E-state index in [1.165, 1.54) is 18.2 Å². The number of rotatable bonds is 7. The Morgan fingerprint density at radius 1 is 1.00 bits per heavy atom. The molecule has 0 aromatic heterocycles. The van der Waals surface area contributed by atoms with Crippen LogP contribution < -0.4 is 16.0 Å². The summed E-state index contributed by atoms with van der Waals surface area (Å²) < 4.78 is 44.0. The first-order chi connectivity index (χ1) is 13.6. The fourth-order valence-electron chi connectivity index (χ4n) is 2.32. The highest BCUT2D eigenvalue weighted by atomic mass is 19.4. The van der Waals surface area contributed by atoms with Crippen LogP contribution in [0.2, 0.25) is 0 Å². The number of amides is 2. The lowest BCUT2D eigenvalue weighted by molar-refractivity contribution is -0.137. The van der Waals surface area contributed by atoms with Crippen molar-refractivity contribution in [3.05, 3.63) is 54.1 Å². The first-order valence-electron chi connectivity index (χ1n) is 8.89. The van der Waals surface area contributed by atoms with Gasteiger partial charge in [0.15, 0.2) is 0 Å². The fourth-order valence-corrected chi connectivity index (χ4v) is 2.32. The molecular weight excluding hydrogens is 387 g/mol. The van der Waals surface area contributed by atoms with Gasteiger partial charge in [0.2, 0.25) is 5.91 Å². The molecule has 0 bridgehead atoms. The monoisotopic (exact) mass is 409 g/mol. The summed E-state index contributed by atoms with van der Waals surface area (Å²) in [6.45, 7) is 3.85. The molecule has 6 nitrogen and oxygen atoms in total. The minimum atomic E-state index is -4.57. The Bertz CT molecular complexity index is 854. The molecule has 0 aliphatic rings. The van der Waals surface area contributed by atoms with Crippen LogP contribution in [0.15, 0.2) is 48.5 Å². The largest absolute Gasteiger partial charge is 0.449 e. The number of halogens is 3. The van der Waals surface area contributed by atoms with Crippen LogP contribution >= 0.6 is 0 Å². The van der Waals surface area contributed by atoms with Crippen molar-refractivity contribution < 1.29 is 27.5 Å². The lowest BCUT2D eigenvalue weighted by atomic mass is 10.1. The first-order valence-corrected chi connectivity index (χ1v) is 8.89. The second-order valence-electron chi connectivity index (χ2n) is 6.64. The molecule has 2 amide bonds. The van der Waals surface area contributed by atoms with Crippen LogP contribution in [0.3, 0.4) is 0 Å². The van der Waals surface area contributed by atoms with Gasteiger partial charge in [-0.1, -0.05) is 32.0 Å². The Hall–Kier alpha value is -3.23. The molecule has 29 heavy (non-hydrogen) atoms. The van der Waals surface area contributed by atoms with Crippen LogP contribution in [0.4, 0.5) is 35.0 Å². The fraction of sp³-hybridized carbons (Fsp3) is 0.300. The number of alkyl halides is 3. The first kappa shape index (κ1) is 22.1. The topological polar surface area (TPSA) is 79.5 Å². The Morgan fingerprint density at radius 3 is 2.38 bits per heavy atom. The third kappa shape index (κ3) is 7.36.